The number of aryl methyl sites for hydroxylation is 3. The molecule has 3 aliphatic heterocycles. The number of benzene rings is 5. The van der Waals surface area contributed by atoms with Crippen molar-refractivity contribution in [1.29, 1.82) is 0 Å². The molecule has 9 aromatic rings. The van der Waals surface area contributed by atoms with Crippen LogP contribution in [0.1, 0.15) is 102 Å². The van der Waals surface area contributed by atoms with E-state index < -0.39 is 17.9 Å². The average molecular weight is 1600 g/mol. The number of furan rings is 1. The largest absolute Gasteiger partial charge is 0.497 e. The summed E-state index contributed by atoms with van der Waals surface area (Å²) in [6, 6.07) is 35.9. The molecule has 0 atom stereocenters. The second-order valence-electron chi connectivity index (χ2n) is 28.0. The molecule has 3 saturated heterocycles. The monoisotopic (exact) mass is 1590 g/mol. The van der Waals surface area contributed by atoms with Gasteiger partial charge in [-0.25, -0.2) is 14.4 Å². The summed E-state index contributed by atoms with van der Waals surface area (Å²) in [7, 11) is 13.5. The number of piperazine rings is 3. The fraction of sp³-hybridized carbons (Fsp3) is 0.410. The summed E-state index contributed by atoms with van der Waals surface area (Å²) < 4.78 is 31.5. The lowest BCUT2D eigenvalue weighted by Crippen LogP contribution is -2.49. The first-order valence-electron chi connectivity index (χ1n) is 37.8. The third-order valence-corrected chi connectivity index (χ3v) is 20.8. The summed E-state index contributed by atoms with van der Waals surface area (Å²) in [5, 5.41) is 3.57. The SMILES string of the molecule is CCOC(=O)c1c(N2CCN(C(=O)c3ccc(Cl)c(Cl)c3)CC2)c2ccccc2n(CCCN(C)C)c1=O.CCOC(=O)c1c(N2CCN(C(=O)c3ccc(OC)cc3)CC2)c2ccccc2n(CCCN(C)C)c1=O.CCOC(=O)c1c(N2CCN(C(=O)c3ccco3)CC2)c2cc(Cl)ccc2n(CCCN(C)C)c1=O. The Hall–Kier alpha value is -10.2. The molecule has 0 radical (unpaired) electrons. The molecule has 7 heterocycles. The summed E-state index contributed by atoms with van der Waals surface area (Å²) >= 11 is 18.5. The summed E-state index contributed by atoms with van der Waals surface area (Å²) in [4.78, 5) is 137. The van der Waals surface area contributed by atoms with Gasteiger partial charge in [-0.05, 0) is 187 Å². The number of hydrogen-bond donors (Lipinski definition) is 0. The number of halogens is 3. The normalized spacial score (nSPS) is 13.9. The van der Waals surface area contributed by atoms with Crippen molar-refractivity contribution < 1.29 is 52.1 Å². The molecular weight excluding hydrogens is 1500 g/mol. The number of fused-ring (bicyclic) bond motifs is 3. The highest BCUT2D eigenvalue weighted by Crippen LogP contribution is 2.36. The maximum absolute atomic E-state index is 13.8. The van der Waals surface area contributed by atoms with Crippen LogP contribution in [0.15, 0.2) is 146 Å². The third kappa shape index (κ3) is 19.8. The van der Waals surface area contributed by atoms with Crippen LogP contribution < -0.4 is 36.1 Å². The second kappa shape index (κ2) is 39.3. The molecule has 0 aliphatic carbocycles. The number of nitrogens with zero attached hydrogens (tertiary/aromatic N) is 12. The molecule has 0 spiro atoms. The lowest BCUT2D eigenvalue weighted by molar-refractivity contribution is 0.0514. The molecule has 112 heavy (non-hydrogen) atoms. The number of hydrogen-bond acceptors (Lipinski definition) is 20. The number of aromatic nitrogens is 3. The first-order chi connectivity index (χ1) is 53.9. The fourth-order valence-corrected chi connectivity index (χ4v) is 14.8. The van der Waals surface area contributed by atoms with Crippen molar-refractivity contribution in [1.82, 2.24) is 43.1 Å². The predicted octanol–water partition coefficient (Wildman–Crippen LogP) is 10.8. The number of rotatable bonds is 25. The van der Waals surface area contributed by atoms with Gasteiger partial charge in [-0.1, -0.05) is 71.2 Å². The Morgan fingerprint density at radius 1 is 0.411 bits per heavy atom. The Kier molecular flexibility index (Phi) is 29.6. The van der Waals surface area contributed by atoms with E-state index in [0.717, 1.165) is 60.7 Å². The highest BCUT2D eigenvalue weighted by Gasteiger charge is 2.35. The number of anilines is 3. The van der Waals surface area contributed by atoms with Crippen LogP contribution in [0, 0.1) is 0 Å². The maximum atomic E-state index is 13.8. The third-order valence-electron chi connectivity index (χ3n) is 19.8. The number of pyridine rings is 3. The zero-order valence-corrected chi connectivity index (χ0v) is 67.6. The zero-order valence-electron chi connectivity index (χ0n) is 65.3. The number of carbonyl (C=O) groups excluding carboxylic acids is 6. The van der Waals surface area contributed by atoms with E-state index in [1.807, 2.05) is 116 Å². The first kappa shape index (κ1) is 84.2. The number of ether oxygens (including phenoxy) is 4. The maximum Gasteiger partial charge on any atom is 0.345 e. The summed E-state index contributed by atoms with van der Waals surface area (Å²) in [5.41, 5.74) is 4.01. The Labute approximate surface area is 666 Å². The van der Waals surface area contributed by atoms with Crippen LogP contribution in [0.4, 0.5) is 17.1 Å². The molecule has 26 nitrogen and oxygen atoms in total. The minimum atomic E-state index is -0.658. The van der Waals surface area contributed by atoms with Gasteiger partial charge in [0.1, 0.15) is 22.4 Å². The van der Waals surface area contributed by atoms with Crippen molar-refractivity contribution in [3.63, 3.8) is 0 Å². The number of esters is 3. The van der Waals surface area contributed by atoms with Gasteiger partial charge in [0, 0.05) is 130 Å². The van der Waals surface area contributed by atoms with Crippen molar-refractivity contribution in [2.24, 2.45) is 0 Å². The van der Waals surface area contributed by atoms with Gasteiger partial charge >= 0.3 is 17.9 Å². The summed E-state index contributed by atoms with van der Waals surface area (Å²) in [5.74, 6) is -1.31. The molecule has 0 N–H and O–H groups in total. The fourth-order valence-electron chi connectivity index (χ4n) is 14.3. The van der Waals surface area contributed by atoms with Crippen molar-refractivity contribution >= 4 is 120 Å². The molecule has 596 valence electrons. The van der Waals surface area contributed by atoms with Crippen LogP contribution >= 0.6 is 34.8 Å². The smallest absolute Gasteiger partial charge is 0.345 e. The first-order valence-corrected chi connectivity index (χ1v) is 38.9. The van der Waals surface area contributed by atoms with Crippen molar-refractivity contribution in [2.75, 3.05) is 182 Å². The van der Waals surface area contributed by atoms with E-state index in [2.05, 4.69) is 9.80 Å². The van der Waals surface area contributed by atoms with Crippen LogP contribution in [0.2, 0.25) is 15.1 Å². The molecule has 5 aromatic carbocycles. The lowest BCUT2D eigenvalue weighted by atomic mass is 10.1. The van der Waals surface area contributed by atoms with E-state index in [-0.39, 0.29) is 76.7 Å². The van der Waals surface area contributed by atoms with Crippen LogP contribution in [0.5, 0.6) is 5.75 Å². The Morgan fingerprint density at radius 3 is 1.16 bits per heavy atom. The Bertz CT molecular complexity index is 5020. The number of para-hydroxylation sites is 2. The Balaban J connectivity index is 0.000000178. The van der Waals surface area contributed by atoms with Crippen molar-refractivity contribution in [2.45, 2.75) is 59.7 Å². The lowest BCUT2D eigenvalue weighted by Gasteiger charge is -2.37. The minimum absolute atomic E-state index is 0.00211. The minimum Gasteiger partial charge on any atom is -0.497 e. The number of carbonyl (C=O) groups is 6. The van der Waals surface area contributed by atoms with E-state index in [1.54, 1.807) is 123 Å². The van der Waals surface area contributed by atoms with Gasteiger partial charge in [-0.15, -0.1) is 0 Å². The van der Waals surface area contributed by atoms with Crippen molar-refractivity contribution in [3.05, 3.63) is 207 Å². The molecule has 4 aromatic heterocycles. The molecule has 0 unspecified atom stereocenters. The van der Waals surface area contributed by atoms with Gasteiger partial charge in [-0.3, -0.25) is 28.8 Å². The van der Waals surface area contributed by atoms with E-state index in [1.165, 1.54) is 6.26 Å². The molecule has 3 fully saturated rings. The van der Waals surface area contributed by atoms with Crippen LogP contribution in [0.25, 0.3) is 32.7 Å². The summed E-state index contributed by atoms with van der Waals surface area (Å²) in [6.07, 6.45) is 3.73. The van der Waals surface area contributed by atoms with Crippen LogP contribution in [-0.2, 0) is 33.8 Å². The van der Waals surface area contributed by atoms with Gasteiger partial charge in [0.2, 0.25) is 0 Å². The molecular formula is C83H99Cl3N12O14. The molecule has 0 bridgehead atoms. The standard InChI is InChI=1S/C29H36N4O5.C28H32Cl2N4O4.C26H31ClN4O5/c1-5-38-29(36)25-26(23-9-6-7-10-24(23)33(28(25)35)16-8-15-30(2)3)31-17-19-32(20-18-31)27(34)21-11-13-22(37-4)14-12-21;1-4-38-28(37)24-25(20-8-5-6-9-23(20)34(27(24)36)13-7-12-31(2)3)32-14-16-33(17-15-32)26(35)19-10-11-21(29)22(30)18-19;1-4-35-26(34)22-23(29-12-14-30(15-13-29)24(32)21-7-5-16-36-21)19-17-18(27)8-9-20(19)31(25(22)33)11-6-10-28(2)3/h6-7,9-14H,5,8,15-20H2,1-4H3;5-6,8-11,18H,4,7,12-17H2,1-3H3;5,7-9,16-17H,4,6,10-15H2,1-3H3. The average Bonchev–Trinajstić information content (AvgIpc) is 0.883. The van der Waals surface area contributed by atoms with Gasteiger partial charge in [0.25, 0.3) is 34.4 Å². The Morgan fingerprint density at radius 2 is 0.786 bits per heavy atom. The molecule has 0 saturated carbocycles. The molecule has 3 amide bonds. The highest BCUT2D eigenvalue weighted by molar-refractivity contribution is 6.42. The number of methoxy groups -OCH3 is 1. The summed E-state index contributed by atoms with van der Waals surface area (Å²) in [6.45, 7) is 14.9. The molecule has 12 rings (SSSR count). The highest BCUT2D eigenvalue weighted by atomic mass is 35.5. The van der Waals surface area contributed by atoms with E-state index in [4.69, 9.17) is 58.2 Å². The van der Waals surface area contributed by atoms with Crippen LogP contribution in [-0.4, -0.2) is 246 Å². The predicted molar refractivity (Wildman–Crippen MR) is 440 cm³/mol. The molecule has 29 heteroatoms. The van der Waals surface area contributed by atoms with E-state index >= 15 is 0 Å². The van der Waals surface area contributed by atoms with Gasteiger partial charge in [0.05, 0.1) is 76.9 Å². The number of amides is 3. The van der Waals surface area contributed by atoms with Crippen LogP contribution in [0.3, 0.4) is 0 Å². The quantitative estimate of drug-likeness (QED) is 0.0381. The second-order valence-corrected chi connectivity index (χ2v) is 29.3. The zero-order chi connectivity index (χ0) is 80.4. The van der Waals surface area contributed by atoms with E-state index in [9.17, 15) is 43.2 Å². The van der Waals surface area contributed by atoms with Gasteiger partial charge in [-0.2, -0.15) is 0 Å². The van der Waals surface area contributed by atoms with E-state index in [0.29, 0.717) is 158 Å². The van der Waals surface area contributed by atoms with Gasteiger partial charge < -0.3 is 81.2 Å². The molecule has 3 aliphatic rings. The topological polar surface area (TPSA) is 248 Å². The van der Waals surface area contributed by atoms with Crippen molar-refractivity contribution in [3.8, 4) is 5.75 Å². The van der Waals surface area contributed by atoms with Gasteiger partial charge in [0.15, 0.2) is 5.76 Å².